The first kappa shape index (κ1) is 18.9. The summed E-state index contributed by atoms with van der Waals surface area (Å²) in [7, 11) is 0. The van der Waals surface area contributed by atoms with Gasteiger partial charge in [0.15, 0.2) is 0 Å². The fourth-order valence-electron chi connectivity index (χ4n) is 2.22. The molecule has 8 heteroatoms. The number of imidazole rings is 1. The summed E-state index contributed by atoms with van der Waals surface area (Å²) in [5, 5.41) is 11.1. The number of hydrogen-bond acceptors (Lipinski definition) is 4. The van der Waals surface area contributed by atoms with E-state index in [1.54, 1.807) is 60.9 Å². The maximum Gasteiger partial charge on any atom is 0.293 e. The number of rotatable bonds is 6. The minimum atomic E-state index is -0.507. The highest BCUT2D eigenvalue weighted by Gasteiger charge is 2.19. The van der Waals surface area contributed by atoms with Gasteiger partial charge in [-0.3, -0.25) is 4.79 Å². The Labute approximate surface area is 169 Å². The van der Waals surface area contributed by atoms with E-state index in [-0.39, 0.29) is 11.5 Å². The van der Waals surface area contributed by atoms with Crippen LogP contribution in [-0.2, 0) is 4.79 Å². The molecule has 0 saturated carbocycles. The number of ether oxygens (including phenoxy) is 1. The molecule has 3 rings (SSSR count). The van der Waals surface area contributed by atoms with Crippen molar-refractivity contribution >= 4 is 51.0 Å². The highest BCUT2D eigenvalue weighted by atomic mass is 79.9. The monoisotopic (exact) mass is 444 g/mol. The van der Waals surface area contributed by atoms with Gasteiger partial charge in [-0.15, -0.1) is 0 Å². The summed E-state index contributed by atoms with van der Waals surface area (Å²) >= 11 is 9.24. The molecular weight excluding hydrogens is 432 g/mol. The Bertz CT molecular complexity index is 968. The van der Waals surface area contributed by atoms with Crippen LogP contribution < -0.4 is 10.1 Å². The van der Waals surface area contributed by atoms with Gasteiger partial charge in [0.05, 0.1) is 6.33 Å². The molecule has 0 bridgehead atoms. The van der Waals surface area contributed by atoms with Crippen LogP contribution in [0.25, 0.3) is 5.70 Å². The summed E-state index contributed by atoms with van der Waals surface area (Å²) in [6.45, 7) is 0. The van der Waals surface area contributed by atoms with E-state index in [0.717, 1.165) is 10.7 Å². The first-order chi connectivity index (χ1) is 13.1. The molecule has 3 aromatic rings. The fraction of sp³-hybridized carbons (Fsp3) is 0. The summed E-state index contributed by atoms with van der Waals surface area (Å²) in [6, 6.07) is 13.7. The molecule has 2 N–H and O–H groups in total. The Hall–Kier alpha value is -2.90. The lowest BCUT2D eigenvalue weighted by molar-refractivity contribution is -0.114. The molecule has 1 heterocycles. The predicted octanol–water partition coefficient (Wildman–Crippen LogP) is 4.83. The van der Waals surface area contributed by atoms with Crippen LogP contribution in [0.3, 0.4) is 0 Å². The summed E-state index contributed by atoms with van der Waals surface area (Å²) in [5.41, 5.74) is 0.790. The van der Waals surface area contributed by atoms with E-state index in [4.69, 9.17) is 21.7 Å². The van der Waals surface area contributed by atoms with E-state index in [1.807, 2.05) is 0 Å². The van der Waals surface area contributed by atoms with Crippen molar-refractivity contribution in [3.63, 3.8) is 0 Å². The molecule has 0 aliphatic heterocycles. The number of benzene rings is 2. The average Bonchev–Trinajstić information content (AvgIpc) is 3.19. The molecule has 0 aliphatic carbocycles. The minimum absolute atomic E-state index is 0.0414. The number of carbonyl (C=O) groups excluding carboxylic acids is 1. The molecular formula is C19H14BrClN4O2. The minimum Gasteiger partial charge on any atom is -0.449 e. The number of halogens is 2. The molecule has 0 aliphatic rings. The van der Waals surface area contributed by atoms with Crippen molar-refractivity contribution in [1.29, 1.82) is 5.41 Å². The summed E-state index contributed by atoms with van der Waals surface area (Å²) in [5.74, 6) is -0.0911. The van der Waals surface area contributed by atoms with Crippen LogP contribution in [0.1, 0.15) is 0 Å². The van der Waals surface area contributed by atoms with Gasteiger partial charge in [0, 0.05) is 33.8 Å². The normalized spacial score (nSPS) is 11.5. The highest BCUT2D eigenvalue weighted by molar-refractivity contribution is 9.10. The van der Waals surface area contributed by atoms with Gasteiger partial charge >= 0.3 is 0 Å². The second-order valence-corrected chi connectivity index (χ2v) is 6.70. The molecule has 0 saturated heterocycles. The zero-order valence-corrected chi connectivity index (χ0v) is 16.2. The second kappa shape index (κ2) is 8.66. The van der Waals surface area contributed by atoms with Gasteiger partial charge in [0.25, 0.3) is 5.91 Å². The van der Waals surface area contributed by atoms with Gasteiger partial charge in [0.2, 0.25) is 5.76 Å². The number of anilines is 1. The van der Waals surface area contributed by atoms with E-state index in [2.05, 4.69) is 26.2 Å². The summed E-state index contributed by atoms with van der Waals surface area (Å²) in [6.07, 6.45) is 5.71. The first-order valence-corrected chi connectivity index (χ1v) is 8.97. The van der Waals surface area contributed by atoms with Crippen molar-refractivity contribution in [1.82, 2.24) is 9.55 Å². The van der Waals surface area contributed by atoms with E-state index in [9.17, 15) is 4.79 Å². The fourth-order valence-corrected chi connectivity index (χ4v) is 2.61. The third-order valence-electron chi connectivity index (χ3n) is 3.49. The third-order valence-corrected chi connectivity index (χ3v) is 4.27. The van der Waals surface area contributed by atoms with Crippen molar-refractivity contribution in [2.24, 2.45) is 0 Å². The lowest BCUT2D eigenvalue weighted by atomic mass is 10.3. The molecule has 0 radical (unpaired) electrons. The van der Waals surface area contributed by atoms with Crippen LogP contribution in [-0.4, -0.2) is 21.7 Å². The third kappa shape index (κ3) is 4.84. The van der Waals surface area contributed by atoms with E-state index in [0.29, 0.717) is 16.5 Å². The zero-order valence-electron chi connectivity index (χ0n) is 13.9. The Morgan fingerprint density at radius 2 is 1.89 bits per heavy atom. The quantitative estimate of drug-likeness (QED) is 0.324. The predicted molar refractivity (Wildman–Crippen MR) is 109 cm³/mol. The number of nitrogens with one attached hydrogen (secondary N) is 2. The van der Waals surface area contributed by atoms with Crippen molar-refractivity contribution in [2.45, 2.75) is 0 Å². The molecule has 0 atom stereocenters. The second-order valence-electron chi connectivity index (χ2n) is 5.35. The van der Waals surface area contributed by atoms with E-state index < -0.39 is 5.91 Å². The first-order valence-electron chi connectivity index (χ1n) is 7.80. The van der Waals surface area contributed by atoms with Gasteiger partial charge in [-0.2, -0.15) is 0 Å². The van der Waals surface area contributed by atoms with E-state index >= 15 is 0 Å². The van der Waals surface area contributed by atoms with Crippen LogP contribution in [0, 0.1) is 5.41 Å². The van der Waals surface area contributed by atoms with Gasteiger partial charge in [-0.1, -0.05) is 27.5 Å². The van der Waals surface area contributed by atoms with Crippen LogP contribution >= 0.6 is 27.5 Å². The highest BCUT2D eigenvalue weighted by Crippen LogP contribution is 2.22. The number of amides is 1. The molecule has 6 nitrogen and oxygen atoms in total. The molecule has 2 aromatic carbocycles. The van der Waals surface area contributed by atoms with Gasteiger partial charge in [-0.25, -0.2) is 4.98 Å². The van der Waals surface area contributed by atoms with Gasteiger partial charge < -0.3 is 20.0 Å². The van der Waals surface area contributed by atoms with Crippen LogP contribution in [0.4, 0.5) is 5.69 Å². The molecule has 136 valence electrons. The number of nitrogens with zero attached hydrogens (tertiary/aromatic N) is 2. The Balaban J connectivity index is 1.97. The van der Waals surface area contributed by atoms with Gasteiger partial charge in [-0.05, 0) is 48.5 Å². The van der Waals surface area contributed by atoms with Crippen LogP contribution in [0.2, 0.25) is 5.02 Å². The summed E-state index contributed by atoms with van der Waals surface area (Å²) < 4.78 is 8.24. The standard InChI is InChI=1S/C19H14BrClN4O2/c20-13-1-7-16(8-2-13)27-18(17(11-22)25-10-9-23-12-25)19(26)24-15-5-3-14(21)4-6-15/h1-12,22H,(H,24,26)/b18-17-,22-11?. The Morgan fingerprint density at radius 3 is 2.48 bits per heavy atom. The maximum absolute atomic E-state index is 12.9. The molecule has 1 amide bonds. The van der Waals surface area contributed by atoms with Crippen LogP contribution in [0.5, 0.6) is 5.75 Å². The maximum atomic E-state index is 12.9. The van der Waals surface area contributed by atoms with Crippen molar-refractivity contribution in [3.05, 3.63) is 82.5 Å². The molecule has 1 aromatic heterocycles. The van der Waals surface area contributed by atoms with Crippen molar-refractivity contribution in [3.8, 4) is 5.75 Å². The Kier molecular flexibility index (Phi) is 6.05. The lowest BCUT2D eigenvalue weighted by Gasteiger charge is -2.14. The van der Waals surface area contributed by atoms with Crippen molar-refractivity contribution < 1.29 is 9.53 Å². The van der Waals surface area contributed by atoms with Crippen molar-refractivity contribution in [2.75, 3.05) is 5.32 Å². The largest absolute Gasteiger partial charge is 0.449 e. The average molecular weight is 446 g/mol. The smallest absolute Gasteiger partial charge is 0.293 e. The number of allylic oxidation sites excluding steroid dienone is 1. The van der Waals surface area contributed by atoms with Gasteiger partial charge in [0.1, 0.15) is 11.4 Å². The SMILES string of the molecule is N=C/C(=C(/Oc1ccc(Br)cc1)C(=O)Nc1ccc(Cl)cc1)n1ccnc1. The topological polar surface area (TPSA) is 80.0 Å². The lowest BCUT2D eigenvalue weighted by Crippen LogP contribution is -2.21. The number of aromatic nitrogens is 2. The molecule has 0 fully saturated rings. The zero-order chi connectivity index (χ0) is 19.2. The summed E-state index contributed by atoms with van der Waals surface area (Å²) in [4.78, 5) is 16.9. The molecule has 0 unspecified atom stereocenters. The van der Waals surface area contributed by atoms with E-state index in [1.165, 1.54) is 10.9 Å². The molecule has 27 heavy (non-hydrogen) atoms. The number of carbonyl (C=O) groups is 1. The van der Waals surface area contributed by atoms with Crippen LogP contribution in [0.15, 0.2) is 77.5 Å². The Morgan fingerprint density at radius 1 is 1.19 bits per heavy atom. The number of hydrogen-bond donors (Lipinski definition) is 2. The molecule has 0 spiro atoms.